The van der Waals surface area contributed by atoms with Gasteiger partial charge in [-0.15, -0.1) is 0 Å². The van der Waals surface area contributed by atoms with Crippen LogP contribution in [0.15, 0.2) is 51.7 Å². The number of rotatable bonds is 5. The van der Waals surface area contributed by atoms with Gasteiger partial charge in [0, 0.05) is 35.5 Å². The van der Waals surface area contributed by atoms with Crippen molar-refractivity contribution in [3.8, 4) is 5.75 Å². The number of carbonyl (C=O) groups excluding carboxylic acids is 1. The average Bonchev–Trinajstić information content (AvgIpc) is 3.01. The lowest BCUT2D eigenvalue weighted by Gasteiger charge is -2.37. The zero-order chi connectivity index (χ0) is 21.4. The zero-order valence-electron chi connectivity index (χ0n) is 17.2. The highest BCUT2D eigenvalue weighted by Crippen LogP contribution is 2.45. The Bertz CT molecular complexity index is 1070. The normalized spacial score (nSPS) is 19.8. The molecule has 6 nitrogen and oxygen atoms in total. The molecule has 1 spiro atoms. The van der Waals surface area contributed by atoms with Crippen LogP contribution in [0.5, 0.6) is 5.75 Å². The molecule has 1 amide bonds. The summed E-state index contributed by atoms with van der Waals surface area (Å²) in [4.78, 5) is 15.7. The van der Waals surface area contributed by atoms with Crippen LogP contribution in [0.1, 0.15) is 18.4 Å². The molecular weight excluding hydrogens is 422 g/mol. The molecule has 160 valence electrons. The maximum atomic E-state index is 12.7. The summed E-state index contributed by atoms with van der Waals surface area (Å²) in [6, 6.07) is 12.9. The van der Waals surface area contributed by atoms with E-state index in [1.54, 1.807) is 25.4 Å². The zero-order valence-corrected chi connectivity index (χ0v) is 18.8. The van der Waals surface area contributed by atoms with E-state index in [9.17, 15) is 9.00 Å². The van der Waals surface area contributed by atoms with Crippen molar-refractivity contribution in [3.05, 3.63) is 53.1 Å². The van der Waals surface area contributed by atoms with Gasteiger partial charge < -0.3 is 10.1 Å². The molecule has 1 N–H and O–H groups in total. The summed E-state index contributed by atoms with van der Waals surface area (Å²) in [5.74, 6) is 0.833. The van der Waals surface area contributed by atoms with E-state index < -0.39 is 15.1 Å². The number of anilines is 1. The SMILES string of the molecule is CN=[S@@](C)(=O)c1ccc(OCCN2CCC3(CC2)C(=O)Nc2ccc(Cl)cc23)cc1. The van der Waals surface area contributed by atoms with Crippen molar-refractivity contribution >= 4 is 32.9 Å². The van der Waals surface area contributed by atoms with Gasteiger partial charge in [-0.05, 0) is 74.0 Å². The van der Waals surface area contributed by atoms with Crippen molar-refractivity contribution in [2.45, 2.75) is 23.2 Å². The molecule has 1 saturated heterocycles. The standard InChI is InChI=1S/C22H26ClN3O3S/c1-24-30(2,28)18-6-4-17(5-7-18)29-14-13-26-11-9-22(10-12-26)19-15-16(23)3-8-20(19)25-21(22)27/h3-8,15H,9-14H2,1-2H3,(H,25,27)/t30-/m0/s1. The number of amides is 1. The first-order valence-corrected chi connectivity index (χ1v) is 12.3. The Morgan fingerprint density at radius 3 is 2.57 bits per heavy atom. The number of nitrogens with one attached hydrogen (secondary N) is 1. The van der Waals surface area contributed by atoms with Crippen molar-refractivity contribution in [2.75, 3.05) is 44.9 Å². The van der Waals surface area contributed by atoms with Crippen molar-refractivity contribution in [3.63, 3.8) is 0 Å². The summed E-state index contributed by atoms with van der Waals surface area (Å²) in [7, 11) is -0.754. The first-order valence-electron chi connectivity index (χ1n) is 10.0. The Morgan fingerprint density at radius 2 is 1.90 bits per heavy atom. The van der Waals surface area contributed by atoms with Crippen molar-refractivity contribution in [2.24, 2.45) is 4.36 Å². The highest BCUT2D eigenvalue weighted by Gasteiger charge is 2.48. The Hall–Kier alpha value is -2.09. The van der Waals surface area contributed by atoms with Crippen LogP contribution in [0.3, 0.4) is 0 Å². The summed E-state index contributed by atoms with van der Waals surface area (Å²) < 4.78 is 22.1. The van der Waals surface area contributed by atoms with Crippen LogP contribution >= 0.6 is 11.6 Å². The molecule has 2 aliphatic rings. The second-order valence-corrected chi connectivity index (χ2v) is 10.8. The number of likely N-dealkylation sites (tertiary alicyclic amines) is 1. The predicted molar refractivity (Wildman–Crippen MR) is 120 cm³/mol. The van der Waals surface area contributed by atoms with Gasteiger partial charge in [-0.3, -0.25) is 9.69 Å². The number of piperidine rings is 1. The molecule has 8 heteroatoms. The maximum Gasteiger partial charge on any atom is 0.235 e. The Labute approximate surface area is 182 Å². The number of carbonyl (C=O) groups is 1. The van der Waals surface area contributed by atoms with E-state index in [2.05, 4.69) is 14.6 Å². The predicted octanol–water partition coefficient (Wildman–Crippen LogP) is 3.79. The van der Waals surface area contributed by atoms with Crippen LogP contribution in [0, 0.1) is 0 Å². The van der Waals surface area contributed by atoms with Gasteiger partial charge in [0.1, 0.15) is 12.4 Å². The monoisotopic (exact) mass is 447 g/mol. The van der Waals surface area contributed by atoms with Crippen LogP contribution in [0.4, 0.5) is 5.69 Å². The summed E-state index contributed by atoms with van der Waals surface area (Å²) >= 11 is 6.18. The minimum atomic E-state index is -2.32. The third-order valence-corrected chi connectivity index (χ3v) is 8.25. The lowest BCUT2D eigenvalue weighted by Crippen LogP contribution is -2.47. The first kappa shape index (κ1) is 21.2. The minimum absolute atomic E-state index is 0.0853. The third-order valence-electron chi connectivity index (χ3n) is 6.18. The molecule has 0 aromatic heterocycles. The van der Waals surface area contributed by atoms with Crippen LogP contribution in [-0.2, 0) is 19.9 Å². The van der Waals surface area contributed by atoms with Crippen LogP contribution in [-0.4, -0.2) is 54.6 Å². The van der Waals surface area contributed by atoms with E-state index in [4.69, 9.17) is 16.3 Å². The van der Waals surface area contributed by atoms with Crippen LogP contribution in [0.25, 0.3) is 0 Å². The molecule has 2 aliphatic heterocycles. The molecule has 0 aliphatic carbocycles. The second kappa shape index (κ2) is 8.21. The Balaban J connectivity index is 1.32. The third kappa shape index (κ3) is 3.94. The van der Waals surface area contributed by atoms with E-state index in [1.807, 2.05) is 30.3 Å². The molecule has 1 atom stereocenters. The highest BCUT2D eigenvalue weighted by molar-refractivity contribution is 7.93. The Morgan fingerprint density at radius 1 is 1.20 bits per heavy atom. The van der Waals surface area contributed by atoms with Gasteiger partial charge in [-0.1, -0.05) is 11.6 Å². The number of halogens is 1. The molecule has 2 aromatic carbocycles. The molecule has 4 rings (SSSR count). The molecule has 2 heterocycles. The van der Waals surface area contributed by atoms with Crippen molar-refractivity contribution < 1.29 is 13.7 Å². The first-order chi connectivity index (χ1) is 14.3. The van der Waals surface area contributed by atoms with E-state index in [1.165, 1.54) is 0 Å². The van der Waals surface area contributed by atoms with Gasteiger partial charge in [0.25, 0.3) is 0 Å². The molecule has 0 unspecified atom stereocenters. The molecule has 0 saturated carbocycles. The number of hydrogen-bond donors (Lipinski definition) is 1. The Kier molecular flexibility index (Phi) is 5.79. The number of hydrogen-bond acceptors (Lipinski definition) is 5. The van der Waals surface area contributed by atoms with Gasteiger partial charge in [0.05, 0.1) is 15.1 Å². The van der Waals surface area contributed by atoms with Crippen molar-refractivity contribution in [1.82, 2.24) is 4.90 Å². The fraction of sp³-hybridized carbons (Fsp3) is 0.409. The summed E-state index contributed by atoms with van der Waals surface area (Å²) in [5, 5.41) is 3.68. The van der Waals surface area contributed by atoms with Crippen molar-refractivity contribution in [1.29, 1.82) is 0 Å². The van der Waals surface area contributed by atoms with Gasteiger partial charge in [0.2, 0.25) is 5.91 Å². The lowest BCUT2D eigenvalue weighted by atomic mass is 9.73. The number of fused-ring (bicyclic) bond motifs is 2. The largest absolute Gasteiger partial charge is 0.492 e. The summed E-state index contributed by atoms with van der Waals surface area (Å²) in [6.07, 6.45) is 3.17. The van der Waals surface area contributed by atoms with Gasteiger partial charge >= 0.3 is 0 Å². The van der Waals surface area contributed by atoms with Gasteiger partial charge in [-0.2, -0.15) is 0 Å². The van der Waals surface area contributed by atoms with Crippen LogP contribution < -0.4 is 10.1 Å². The van der Waals surface area contributed by atoms with E-state index in [0.717, 1.165) is 49.5 Å². The average molecular weight is 448 g/mol. The summed E-state index contributed by atoms with van der Waals surface area (Å²) in [6.45, 7) is 3.01. The summed E-state index contributed by atoms with van der Waals surface area (Å²) in [5.41, 5.74) is 1.45. The van der Waals surface area contributed by atoms with Gasteiger partial charge in [-0.25, -0.2) is 8.57 Å². The number of nitrogens with zero attached hydrogens (tertiary/aromatic N) is 2. The quantitative estimate of drug-likeness (QED) is 0.756. The minimum Gasteiger partial charge on any atom is -0.492 e. The lowest BCUT2D eigenvalue weighted by molar-refractivity contribution is -0.122. The molecule has 0 bridgehead atoms. The topological polar surface area (TPSA) is 71.0 Å². The fourth-order valence-corrected chi connectivity index (χ4v) is 5.25. The molecule has 1 fully saturated rings. The molecule has 2 aromatic rings. The molecule has 30 heavy (non-hydrogen) atoms. The van der Waals surface area contributed by atoms with Gasteiger partial charge in [0.15, 0.2) is 0 Å². The number of ether oxygens (including phenoxy) is 1. The smallest absolute Gasteiger partial charge is 0.235 e. The second-order valence-electron chi connectivity index (χ2n) is 7.87. The van der Waals surface area contributed by atoms with E-state index >= 15 is 0 Å². The molecule has 0 radical (unpaired) electrons. The highest BCUT2D eigenvalue weighted by atomic mass is 35.5. The number of benzene rings is 2. The van der Waals surface area contributed by atoms with E-state index in [0.29, 0.717) is 16.5 Å². The maximum absolute atomic E-state index is 12.7. The van der Waals surface area contributed by atoms with E-state index in [-0.39, 0.29) is 5.91 Å². The van der Waals surface area contributed by atoms with Crippen LogP contribution in [0.2, 0.25) is 5.02 Å². The fourth-order valence-electron chi connectivity index (χ4n) is 4.23. The molecular formula is C22H26ClN3O3S.